The lowest BCUT2D eigenvalue weighted by molar-refractivity contribution is 0.157. The van der Waals surface area contributed by atoms with E-state index in [1.54, 1.807) is 0 Å². The second-order valence-corrected chi connectivity index (χ2v) is 4.92. The Bertz CT molecular complexity index is 165. The van der Waals surface area contributed by atoms with E-state index < -0.39 is 0 Å². The molecule has 0 radical (unpaired) electrons. The number of aliphatic hydroxyl groups excluding tert-OH is 1. The van der Waals surface area contributed by atoms with Crippen LogP contribution in [0.5, 0.6) is 0 Å². The number of likely N-dealkylation sites (N-methyl/N-ethyl adjacent to an activating group) is 1. The van der Waals surface area contributed by atoms with E-state index in [9.17, 15) is 5.11 Å². The zero-order valence-electron chi connectivity index (χ0n) is 9.71. The minimum atomic E-state index is -0.113. The van der Waals surface area contributed by atoms with E-state index >= 15 is 0 Å². The van der Waals surface area contributed by atoms with Crippen LogP contribution < -0.4 is 5.32 Å². The molecule has 3 heteroatoms. The molecular weight excluding hydrogens is 176 g/mol. The molecule has 0 aromatic rings. The number of hydrogen-bond donors (Lipinski definition) is 2. The van der Waals surface area contributed by atoms with Gasteiger partial charge in [-0.3, -0.25) is 0 Å². The molecule has 1 fully saturated rings. The SMILES string of the molecule is CNC(C)(CO)CCN(C)CC1CC1. The van der Waals surface area contributed by atoms with Gasteiger partial charge in [-0.15, -0.1) is 0 Å². The van der Waals surface area contributed by atoms with E-state index in [1.807, 2.05) is 7.05 Å². The summed E-state index contributed by atoms with van der Waals surface area (Å²) >= 11 is 0. The van der Waals surface area contributed by atoms with Crippen LogP contribution in [0.3, 0.4) is 0 Å². The van der Waals surface area contributed by atoms with Crippen LogP contribution in [0, 0.1) is 5.92 Å². The van der Waals surface area contributed by atoms with Crippen LogP contribution in [0.15, 0.2) is 0 Å². The summed E-state index contributed by atoms with van der Waals surface area (Å²) in [5, 5.41) is 12.4. The predicted molar refractivity (Wildman–Crippen MR) is 59.4 cm³/mol. The van der Waals surface area contributed by atoms with Gasteiger partial charge in [-0.1, -0.05) is 0 Å². The fraction of sp³-hybridized carbons (Fsp3) is 1.00. The minimum absolute atomic E-state index is 0.113. The third-order valence-corrected chi connectivity index (χ3v) is 3.26. The first kappa shape index (κ1) is 12.0. The highest BCUT2D eigenvalue weighted by atomic mass is 16.3. The van der Waals surface area contributed by atoms with E-state index in [2.05, 4.69) is 24.2 Å². The first-order valence-electron chi connectivity index (χ1n) is 5.58. The van der Waals surface area contributed by atoms with Crippen molar-refractivity contribution in [3.8, 4) is 0 Å². The van der Waals surface area contributed by atoms with Crippen LogP contribution in [0.2, 0.25) is 0 Å². The Kier molecular flexibility index (Phi) is 4.35. The van der Waals surface area contributed by atoms with E-state index in [-0.39, 0.29) is 12.1 Å². The number of rotatable bonds is 7. The summed E-state index contributed by atoms with van der Waals surface area (Å²) in [6.07, 6.45) is 3.82. The Morgan fingerprint density at radius 2 is 2.14 bits per heavy atom. The van der Waals surface area contributed by atoms with Crippen molar-refractivity contribution in [2.24, 2.45) is 5.92 Å². The van der Waals surface area contributed by atoms with Crippen molar-refractivity contribution in [3.63, 3.8) is 0 Å². The third-order valence-electron chi connectivity index (χ3n) is 3.26. The normalized spacial score (nSPS) is 21.2. The standard InChI is InChI=1S/C11H24N2O/c1-11(9-14,12-2)6-7-13(3)8-10-4-5-10/h10,12,14H,4-9H2,1-3H3. The van der Waals surface area contributed by atoms with E-state index in [0.29, 0.717) is 0 Å². The van der Waals surface area contributed by atoms with E-state index in [4.69, 9.17) is 0 Å². The monoisotopic (exact) mass is 200 g/mol. The van der Waals surface area contributed by atoms with Crippen molar-refractivity contribution in [1.82, 2.24) is 10.2 Å². The highest BCUT2D eigenvalue weighted by Gasteiger charge is 2.25. The van der Waals surface area contributed by atoms with Gasteiger partial charge in [0, 0.05) is 12.1 Å². The van der Waals surface area contributed by atoms with E-state index in [1.165, 1.54) is 19.4 Å². The zero-order chi connectivity index (χ0) is 10.6. The summed E-state index contributed by atoms with van der Waals surface area (Å²) in [5.41, 5.74) is -0.113. The molecule has 1 saturated carbocycles. The lowest BCUT2D eigenvalue weighted by atomic mass is 9.99. The maximum atomic E-state index is 9.21. The van der Waals surface area contributed by atoms with Crippen molar-refractivity contribution in [2.75, 3.05) is 33.8 Å². The van der Waals surface area contributed by atoms with Crippen LogP contribution in [0.4, 0.5) is 0 Å². The molecule has 14 heavy (non-hydrogen) atoms. The zero-order valence-corrected chi connectivity index (χ0v) is 9.71. The molecule has 1 aliphatic carbocycles. The van der Waals surface area contributed by atoms with Gasteiger partial charge in [0.1, 0.15) is 0 Å². The van der Waals surface area contributed by atoms with Gasteiger partial charge in [0.15, 0.2) is 0 Å². The molecule has 0 aromatic heterocycles. The minimum Gasteiger partial charge on any atom is -0.394 e. The summed E-state index contributed by atoms with van der Waals surface area (Å²) in [7, 11) is 4.09. The molecule has 1 rings (SSSR count). The van der Waals surface area contributed by atoms with Crippen LogP contribution >= 0.6 is 0 Å². The molecule has 1 aliphatic rings. The molecular formula is C11H24N2O. The predicted octanol–water partition coefficient (Wildman–Crippen LogP) is 0.689. The number of nitrogens with one attached hydrogen (secondary N) is 1. The molecule has 0 bridgehead atoms. The second kappa shape index (κ2) is 5.10. The Hall–Kier alpha value is -0.120. The molecule has 84 valence electrons. The third kappa shape index (κ3) is 3.95. The van der Waals surface area contributed by atoms with Gasteiger partial charge in [-0.05, 0) is 52.7 Å². The largest absolute Gasteiger partial charge is 0.394 e. The molecule has 1 atom stereocenters. The lowest BCUT2D eigenvalue weighted by Gasteiger charge is -2.29. The topological polar surface area (TPSA) is 35.5 Å². The number of aliphatic hydroxyl groups is 1. The van der Waals surface area contributed by atoms with Gasteiger partial charge in [-0.2, -0.15) is 0 Å². The van der Waals surface area contributed by atoms with Gasteiger partial charge < -0.3 is 15.3 Å². The molecule has 3 nitrogen and oxygen atoms in total. The van der Waals surface area contributed by atoms with Crippen LogP contribution in [-0.2, 0) is 0 Å². The summed E-state index contributed by atoms with van der Waals surface area (Å²) < 4.78 is 0. The van der Waals surface area contributed by atoms with Crippen LogP contribution in [-0.4, -0.2) is 49.3 Å². The molecule has 2 N–H and O–H groups in total. The molecule has 0 aliphatic heterocycles. The fourth-order valence-electron chi connectivity index (χ4n) is 1.55. The van der Waals surface area contributed by atoms with E-state index in [0.717, 1.165) is 18.9 Å². The second-order valence-electron chi connectivity index (χ2n) is 4.92. The molecule has 0 aromatic carbocycles. The van der Waals surface area contributed by atoms with Crippen molar-refractivity contribution in [3.05, 3.63) is 0 Å². The van der Waals surface area contributed by atoms with Crippen molar-refractivity contribution < 1.29 is 5.11 Å². The molecule has 0 saturated heterocycles. The van der Waals surface area contributed by atoms with Gasteiger partial charge in [-0.25, -0.2) is 0 Å². The van der Waals surface area contributed by atoms with Crippen molar-refractivity contribution >= 4 is 0 Å². The van der Waals surface area contributed by atoms with Gasteiger partial charge in [0.05, 0.1) is 6.61 Å². The van der Waals surface area contributed by atoms with Gasteiger partial charge >= 0.3 is 0 Å². The van der Waals surface area contributed by atoms with Crippen molar-refractivity contribution in [2.45, 2.75) is 31.7 Å². The Labute approximate surface area is 87.5 Å². The lowest BCUT2D eigenvalue weighted by Crippen LogP contribution is -2.45. The first-order chi connectivity index (χ1) is 6.59. The maximum Gasteiger partial charge on any atom is 0.0610 e. The summed E-state index contributed by atoms with van der Waals surface area (Å²) in [6.45, 7) is 4.57. The fourth-order valence-corrected chi connectivity index (χ4v) is 1.55. The Morgan fingerprint density at radius 1 is 1.50 bits per heavy atom. The molecule has 0 amide bonds. The van der Waals surface area contributed by atoms with Crippen molar-refractivity contribution in [1.29, 1.82) is 0 Å². The Balaban J connectivity index is 2.16. The summed E-state index contributed by atoms with van der Waals surface area (Å²) in [5.74, 6) is 0.954. The average molecular weight is 200 g/mol. The highest BCUT2D eigenvalue weighted by Crippen LogP contribution is 2.29. The quantitative estimate of drug-likeness (QED) is 0.634. The number of hydrogen-bond acceptors (Lipinski definition) is 3. The highest BCUT2D eigenvalue weighted by molar-refractivity contribution is 4.82. The van der Waals surface area contributed by atoms with Crippen LogP contribution in [0.25, 0.3) is 0 Å². The molecule has 1 unspecified atom stereocenters. The Morgan fingerprint density at radius 3 is 2.57 bits per heavy atom. The smallest absolute Gasteiger partial charge is 0.0610 e. The number of nitrogens with zero attached hydrogens (tertiary/aromatic N) is 1. The molecule has 0 heterocycles. The average Bonchev–Trinajstić information content (AvgIpc) is 2.98. The molecule has 0 spiro atoms. The maximum absolute atomic E-state index is 9.21. The van der Waals surface area contributed by atoms with Crippen LogP contribution in [0.1, 0.15) is 26.2 Å². The van der Waals surface area contributed by atoms with Gasteiger partial charge in [0.25, 0.3) is 0 Å². The first-order valence-corrected chi connectivity index (χ1v) is 5.58. The summed E-state index contributed by atoms with van der Waals surface area (Å²) in [4.78, 5) is 2.38. The summed E-state index contributed by atoms with van der Waals surface area (Å²) in [6, 6.07) is 0. The van der Waals surface area contributed by atoms with Gasteiger partial charge in [0.2, 0.25) is 0 Å².